The van der Waals surface area contributed by atoms with Crippen LogP contribution in [0.25, 0.3) is 0 Å². The van der Waals surface area contributed by atoms with Crippen molar-refractivity contribution in [3.8, 4) is 0 Å². The van der Waals surface area contributed by atoms with E-state index in [4.69, 9.17) is 16.7 Å². The molecule has 9 heteroatoms. The lowest BCUT2D eigenvalue weighted by atomic mass is 10.3. The van der Waals surface area contributed by atoms with Crippen molar-refractivity contribution in [1.29, 1.82) is 0 Å². The first-order chi connectivity index (χ1) is 9.70. The van der Waals surface area contributed by atoms with Crippen LogP contribution < -0.4 is 5.32 Å². The summed E-state index contributed by atoms with van der Waals surface area (Å²) >= 11 is 7.14. The minimum Gasteiger partial charge on any atom is -0.394 e. The van der Waals surface area contributed by atoms with Crippen molar-refractivity contribution >= 4 is 35.0 Å². The largest absolute Gasteiger partial charge is 0.394 e. The Kier molecular flexibility index (Phi) is 5.33. The van der Waals surface area contributed by atoms with Gasteiger partial charge in [0.25, 0.3) is 0 Å². The first-order valence-electron chi connectivity index (χ1n) is 5.75. The van der Waals surface area contributed by atoms with Crippen LogP contribution in [0.1, 0.15) is 0 Å². The van der Waals surface area contributed by atoms with Gasteiger partial charge < -0.3 is 10.4 Å². The van der Waals surface area contributed by atoms with Crippen molar-refractivity contribution in [2.45, 2.75) is 11.7 Å². The molecule has 1 aromatic carbocycles. The molecule has 0 aliphatic rings. The molecule has 106 valence electrons. The van der Waals surface area contributed by atoms with Crippen LogP contribution in [-0.2, 0) is 11.3 Å². The predicted octanol–water partition coefficient (Wildman–Crippen LogP) is 1.05. The number of carbonyl (C=O) groups excluding carboxylic acids is 1. The van der Waals surface area contributed by atoms with Crippen molar-refractivity contribution in [2.75, 3.05) is 17.7 Å². The maximum Gasteiger partial charge on any atom is 0.234 e. The fraction of sp³-hybridized carbons (Fsp3) is 0.273. The molecular weight excluding hydrogens is 302 g/mol. The van der Waals surface area contributed by atoms with E-state index in [1.54, 1.807) is 24.3 Å². The molecule has 1 amide bonds. The summed E-state index contributed by atoms with van der Waals surface area (Å²) in [6.07, 6.45) is 0. The van der Waals surface area contributed by atoms with Gasteiger partial charge in [0.05, 0.1) is 29.6 Å². The number of halogens is 1. The number of aliphatic hydroxyl groups excluding tert-OH is 1. The molecular formula is C11H12ClN5O2S. The van der Waals surface area contributed by atoms with E-state index in [-0.39, 0.29) is 18.3 Å². The van der Waals surface area contributed by atoms with E-state index >= 15 is 0 Å². The minimum absolute atomic E-state index is 0.0651. The second kappa shape index (κ2) is 7.22. The van der Waals surface area contributed by atoms with Gasteiger partial charge in [-0.05, 0) is 22.6 Å². The summed E-state index contributed by atoms with van der Waals surface area (Å²) in [5.74, 6) is -0.0570. The molecule has 0 atom stereocenters. The van der Waals surface area contributed by atoms with Gasteiger partial charge in [0.15, 0.2) is 0 Å². The van der Waals surface area contributed by atoms with Gasteiger partial charge in [0.2, 0.25) is 11.1 Å². The number of nitrogens with zero attached hydrogens (tertiary/aromatic N) is 4. The molecule has 2 aromatic rings. The molecule has 1 heterocycles. The number of hydrogen-bond acceptors (Lipinski definition) is 6. The highest BCUT2D eigenvalue weighted by molar-refractivity contribution is 7.99. The van der Waals surface area contributed by atoms with Gasteiger partial charge >= 0.3 is 0 Å². The number of anilines is 1. The molecule has 2 N–H and O–H groups in total. The number of carbonyl (C=O) groups is 1. The first kappa shape index (κ1) is 14.8. The summed E-state index contributed by atoms with van der Waals surface area (Å²) in [4.78, 5) is 11.8. The smallest absolute Gasteiger partial charge is 0.234 e. The fourth-order valence-corrected chi connectivity index (χ4v) is 2.30. The number of amides is 1. The Balaban J connectivity index is 1.89. The molecule has 0 unspecified atom stereocenters. The van der Waals surface area contributed by atoms with Crippen molar-refractivity contribution in [1.82, 2.24) is 20.2 Å². The Hall–Kier alpha value is -1.64. The van der Waals surface area contributed by atoms with Crippen LogP contribution in [0.4, 0.5) is 5.69 Å². The summed E-state index contributed by atoms with van der Waals surface area (Å²) in [6, 6.07) is 7.00. The van der Waals surface area contributed by atoms with Crippen LogP contribution in [0, 0.1) is 0 Å². The van der Waals surface area contributed by atoms with Gasteiger partial charge in [0, 0.05) is 0 Å². The van der Waals surface area contributed by atoms with Crippen molar-refractivity contribution in [3.63, 3.8) is 0 Å². The van der Waals surface area contributed by atoms with Crippen molar-refractivity contribution in [3.05, 3.63) is 29.3 Å². The normalized spacial score (nSPS) is 10.5. The molecule has 1 aromatic heterocycles. The number of thioether (sulfide) groups is 1. The molecule has 0 saturated carbocycles. The van der Waals surface area contributed by atoms with Crippen LogP contribution in [0.3, 0.4) is 0 Å². The fourth-order valence-electron chi connectivity index (χ4n) is 1.41. The van der Waals surface area contributed by atoms with Crippen LogP contribution in [0.15, 0.2) is 29.4 Å². The molecule has 0 spiro atoms. The molecule has 20 heavy (non-hydrogen) atoms. The number of rotatable bonds is 6. The SMILES string of the molecule is O=C(CSc1nnnn1CCO)Nc1ccccc1Cl. The van der Waals surface area contributed by atoms with E-state index in [1.165, 1.54) is 16.4 Å². The lowest BCUT2D eigenvalue weighted by molar-refractivity contribution is -0.113. The second-order valence-corrected chi connectivity index (χ2v) is 5.07. The van der Waals surface area contributed by atoms with Crippen LogP contribution in [0.5, 0.6) is 0 Å². The van der Waals surface area contributed by atoms with Gasteiger partial charge in [-0.3, -0.25) is 4.79 Å². The van der Waals surface area contributed by atoms with Crippen LogP contribution in [0.2, 0.25) is 5.02 Å². The van der Waals surface area contributed by atoms with Gasteiger partial charge in [-0.25, -0.2) is 4.68 Å². The van der Waals surface area contributed by atoms with Gasteiger partial charge in [-0.1, -0.05) is 35.5 Å². The van der Waals surface area contributed by atoms with E-state index in [1.807, 2.05) is 0 Å². The van der Waals surface area contributed by atoms with Gasteiger partial charge in [0.1, 0.15) is 0 Å². The molecule has 0 aliphatic heterocycles. The molecule has 0 radical (unpaired) electrons. The lowest BCUT2D eigenvalue weighted by Crippen LogP contribution is -2.15. The number of benzene rings is 1. The number of tetrazole rings is 1. The van der Waals surface area contributed by atoms with E-state index in [9.17, 15) is 4.79 Å². The maximum atomic E-state index is 11.8. The molecule has 0 saturated heterocycles. The molecule has 0 bridgehead atoms. The van der Waals surface area contributed by atoms with E-state index in [0.717, 1.165) is 0 Å². The zero-order valence-electron chi connectivity index (χ0n) is 10.4. The van der Waals surface area contributed by atoms with E-state index < -0.39 is 0 Å². The lowest BCUT2D eigenvalue weighted by Gasteiger charge is -2.06. The highest BCUT2D eigenvalue weighted by Gasteiger charge is 2.10. The van der Waals surface area contributed by atoms with Gasteiger partial charge in [-0.15, -0.1) is 5.10 Å². The maximum absolute atomic E-state index is 11.8. The zero-order valence-corrected chi connectivity index (χ0v) is 11.9. The summed E-state index contributed by atoms with van der Waals surface area (Å²) in [5, 5.41) is 23.5. The van der Waals surface area contributed by atoms with E-state index in [2.05, 4.69) is 20.8 Å². The number of hydrogen-bond donors (Lipinski definition) is 2. The molecule has 0 aliphatic carbocycles. The average Bonchev–Trinajstić information content (AvgIpc) is 2.87. The molecule has 0 fully saturated rings. The Morgan fingerprint density at radius 1 is 1.45 bits per heavy atom. The third kappa shape index (κ3) is 3.92. The Labute approximate surface area is 124 Å². The first-order valence-corrected chi connectivity index (χ1v) is 7.11. The third-order valence-corrected chi connectivity index (χ3v) is 3.58. The zero-order chi connectivity index (χ0) is 14.4. The summed E-state index contributed by atoms with van der Waals surface area (Å²) in [6.45, 7) is 0.228. The quantitative estimate of drug-likeness (QED) is 0.774. The average molecular weight is 314 g/mol. The van der Waals surface area contributed by atoms with E-state index in [0.29, 0.717) is 22.4 Å². The highest BCUT2D eigenvalue weighted by atomic mass is 35.5. The summed E-state index contributed by atoms with van der Waals surface area (Å²) in [7, 11) is 0. The number of nitrogens with one attached hydrogen (secondary N) is 1. The van der Waals surface area contributed by atoms with Crippen molar-refractivity contribution < 1.29 is 9.90 Å². The van der Waals surface area contributed by atoms with Gasteiger partial charge in [-0.2, -0.15) is 0 Å². The number of aliphatic hydroxyl groups is 1. The number of para-hydroxylation sites is 1. The van der Waals surface area contributed by atoms with Crippen LogP contribution in [-0.4, -0.2) is 43.6 Å². The Morgan fingerprint density at radius 3 is 3.00 bits per heavy atom. The standard InChI is InChI=1S/C11H12ClN5O2S/c12-8-3-1-2-4-9(8)13-10(19)7-20-11-14-15-16-17(11)5-6-18/h1-4,18H,5-7H2,(H,13,19). The second-order valence-electron chi connectivity index (χ2n) is 3.72. The van der Waals surface area contributed by atoms with Crippen molar-refractivity contribution in [2.24, 2.45) is 0 Å². The third-order valence-electron chi connectivity index (χ3n) is 2.29. The molecule has 2 rings (SSSR count). The summed E-state index contributed by atoms with van der Waals surface area (Å²) in [5.41, 5.74) is 0.565. The number of aromatic nitrogens is 4. The predicted molar refractivity (Wildman–Crippen MR) is 75.7 cm³/mol. The Morgan fingerprint density at radius 2 is 2.25 bits per heavy atom. The Bertz CT molecular complexity index is 592. The summed E-state index contributed by atoms with van der Waals surface area (Å²) < 4.78 is 1.44. The highest BCUT2D eigenvalue weighted by Crippen LogP contribution is 2.21. The van der Waals surface area contributed by atoms with Crippen LogP contribution >= 0.6 is 23.4 Å². The topological polar surface area (TPSA) is 92.9 Å². The monoisotopic (exact) mass is 313 g/mol. The minimum atomic E-state index is -0.207. The molecule has 7 nitrogen and oxygen atoms in total.